The van der Waals surface area contributed by atoms with Crippen LogP contribution in [0.15, 0.2) is 55.0 Å². The standard InChI is InChI=1S/C32H35F2N5O2/c1-19-28(38(4)18-36-19)22-15-24-27(35-17-22)26-23(16-25(31(2,3)40)37-30(26)41-5)39(24)29(20-9-7-6-8-10-20)21-11-13-32(33,34)14-12-21/h6-10,15-18,21,29,40H,11-14H2,1-5H3. The third kappa shape index (κ3) is 4.76. The van der Waals surface area contributed by atoms with Gasteiger partial charge in [-0.2, -0.15) is 0 Å². The van der Waals surface area contributed by atoms with Gasteiger partial charge in [0.2, 0.25) is 11.8 Å². The highest BCUT2D eigenvalue weighted by atomic mass is 19.3. The topological polar surface area (TPSA) is 78.0 Å². The molecule has 1 N–H and O–H groups in total. The Kier molecular flexibility index (Phi) is 6.60. The lowest BCUT2D eigenvalue weighted by atomic mass is 9.79. The molecule has 5 aromatic rings. The van der Waals surface area contributed by atoms with Gasteiger partial charge in [0, 0.05) is 31.6 Å². The summed E-state index contributed by atoms with van der Waals surface area (Å²) in [6, 6.07) is 13.8. The smallest absolute Gasteiger partial charge is 0.248 e. The van der Waals surface area contributed by atoms with Crippen molar-refractivity contribution in [2.45, 2.75) is 64.0 Å². The van der Waals surface area contributed by atoms with Crippen LogP contribution in [0.25, 0.3) is 33.2 Å². The third-order valence-corrected chi connectivity index (χ3v) is 8.43. The Balaban J connectivity index is 1.71. The molecule has 7 nitrogen and oxygen atoms in total. The summed E-state index contributed by atoms with van der Waals surface area (Å²) >= 11 is 0. The number of nitrogens with zero attached hydrogens (tertiary/aromatic N) is 5. The first-order valence-electron chi connectivity index (χ1n) is 14.0. The summed E-state index contributed by atoms with van der Waals surface area (Å²) in [5, 5.41) is 11.7. The largest absolute Gasteiger partial charge is 0.480 e. The summed E-state index contributed by atoms with van der Waals surface area (Å²) in [4.78, 5) is 14.1. The van der Waals surface area contributed by atoms with Crippen LogP contribution in [-0.4, -0.2) is 42.2 Å². The van der Waals surface area contributed by atoms with Gasteiger partial charge in [-0.25, -0.2) is 18.7 Å². The summed E-state index contributed by atoms with van der Waals surface area (Å²) in [7, 11) is 3.51. The van der Waals surface area contributed by atoms with Crippen LogP contribution in [0, 0.1) is 12.8 Å². The van der Waals surface area contributed by atoms with E-state index in [-0.39, 0.29) is 24.8 Å². The molecule has 1 aliphatic rings. The van der Waals surface area contributed by atoms with Crippen LogP contribution in [0.5, 0.6) is 5.88 Å². The Bertz CT molecular complexity index is 1710. The maximum atomic E-state index is 14.4. The zero-order valence-electron chi connectivity index (χ0n) is 24.0. The van der Waals surface area contributed by atoms with Gasteiger partial charge in [0.05, 0.1) is 53.0 Å². The Morgan fingerprint density at radius 2 is 1.78 bits per heavy atom. The highest BCUT2D eigenvalue weighted by Crippen LogP contribution is 2.47. The molecule has 41 heavy (non-hydrogen) atoms. The average Bonchev–Trinajstić information content (AvgIpc) is 3.45. The molecule has 4 aromatic heterocycles. The highest BCUT2D eigenvalue weighted by Gasteiger charge is 2.40. The van der Waals surface area contributed by atoms with Crippen molar-refractivity contribution < 1.29 is 18.6 Å². The minimum Gasteiger partial charge on any atom is -0.480 e. The SMILES string of the molecule is COc1nc(C(C)(C)O)cc2c1c1ncc(-c3c(C)ncn3C)cc1n2C(c1ccccc1)C1CCC(F)(F)CC1. The fourth-order valence-corrected chi connectivity index (χ4v) is 6.39. The van der Waals surface area contributed by atoms with Gasteiger partial charge in [0.1, 0.15) is 11.1 Å². The second kappa shape index (κ2) is 9.91. The van der Waals surface area contributed by atoms with Crippen molar-refractivity contribution in [1.29, 1.82) is 0 Å². The van der Waals surface area contributed by atoms with E-state index in [1.165, 1.54) is 0 Å². The number of imidazole rings is 1. The lowest BCUT2D eigenvalue weighted by Gasteiger charge is -2.36. The third-order valence-electron chi connectivity index (χ3n) is 8.43. The number of ether oxygens (including phenoxy) is 1. The number of hydrogen-bond donors (Lipinski definition) is 1. The van der Waals surface area contributed by atoms with Crippen LogP contribution in [0.2, 0.25) is 0 Å². The number of benzene rings is 1. The molecule has 0 spiro atoms. The summed E-state index contributed by atoms with van der Waals surface area (Å²) in [5.74, 6) is -2.32. The maximum Gasteiger partial charge on any atom is 0.248 e. The number of pyridine rings is 2. The van der Waals surface area contributed by atoms with E-state index in [1.54, 1.807) is 27.3 Å². The van der Waals surface area contributed by atoms with Gasteiger partial charge >= 0.3 is 0 Å². The fourth-order valence-electron chi connectivity index (χ4n) is 6.39. The Hall–Kier alpha value is -3.85. The molecule has 1 fully saturated rings. The van der Waals surface area contributed by atoms with Crippen LogP contribution in [0.3, 0.4) is 0 Å². The normalized spacial score (nSPS) is 16.9. The molecule has 4 heterocycles. The van der Waals surface area contributed by atoms with Crippen LogP contribution in [-0.2, 0) is 12.6 Å². The van der Waals surface area contributed by atoms with Crippen molar-refractivity contribution in [3.8, 4) is 17.1 Å². The molecule has 1 aliphatic carbocycles. The molecule has 1 unspecified atom stereocenters. The number of fused-ring (bicyclic) bond motifs is 3. The predicted molar refractivity (Wildman–Crippen MR) is 155 cm³/mol. The van der Waals surface area contributed by atoms with E-state index in [4.69, 9.17) is 9.72 Å². The number of methoxy groups -OCH3 is 1. The number of aryl methyl sites for hydroxylation is 2. The summed E-state index contributed by atoms with van der Waals surface area (Å²) in [5.41, 5.74) is 5.33. The maximum absolute atomic E-state index is 14.4. The number of alkyl halides is 2. The van der Waals surface area contributed by atoms with Crippen LogP contribution in [0.4, 0.5) is 8.78 Å². The Morgan fingerprint density at radius 3 is 2.39 bits per heavy atom. The second-order valence-electron chi connectivity index (χ2n) is 11.8. The zero-order chi connectivity index (χ0) is 29.1. The van der Waals surface area contributed by atoms with Gasteiger partial charge in [-0.3, -0.25) is 4.98 Å². The monoisotopic (exact) mass is 559 g/mol. The molecular weight excluding hydrogens is 524 g/mol. The van der Waals surface area contributed by atoms with E-state index in [0.29, 0.717) is 29.9 Å². The number of aliphatic hydroxyl groups is 1. The number of halogens is 2. The molecule has 1 saturated carbocycles. The summed E-state index contributed by atoms with van der Waals surface area (Å²) in [6.45, 7) is 5.34. The molecule has 1 atom stereocenters. The van der Waals surface area contributed by atoms with Crippen molar-refractivity contribution in [3.05, 3.63) is 71.9 Å². The molecular formula is C32H35F2N5O2. The number of hydrogen-bond acceptors (Lipinski definition) is 5. The van der Waals surface area contributed by atoms with Gasteiger partial charge in [-0.15, -0.1) is 0 Å². The minimum atomic E-state index is -2.65. The van der Waals surface area contributed by atoms with Gasteiger partial charge in [0.15, 0.2) is 0 Å². The Morgan fingerprint density at radius 1 is 1.07 bits per heavy atom. The molecule has 0 aliphatic heterocycles. The number of rotatable bonds is 6. The molecule has 0 bridgehead atoms. The first kappa shape index (κ1) is 27.3. The van der Waals surface area contributed by atoms with Crippen molar-refractivity contribution in [3.63, 3.8) is 0 Å². The van der Waals surface area contributed by atoms with Crippen LogP contribution in [0.1, 0.15) is 62.5 Å². The molecule has 6 rings (SSSR count). The highest BCUT2D eigenvalue weighted by molar-refractivity contribution is 6.09. The van der Waals surface area contributed by atoms with Crippen molar-refractivity contribution in [2.24, 2.45) is 13.0 Å². The quantitative estimate of drug-likeness (QED) is 0.244. The van der Waals surface area contributed by atoms with Crippen molar-refractivity contribution >= 4 is 21.9 Å². The molecule has 0 amide bonds. The predicted octanol–water partition coefficient (Wildman–Crippen LogP) is 6.94. The second-order valence-corrected chi connectivity index (χ2v) is 11.8. The lowest BCUT2D eigenvalue weighted by molar-refractivity contribution is -0.0493. The van der Waals surface area contributed by atoms with E-state index in [2.05, 4.69) is 32.7 Å². The van der Waals surface area contributed by atoms with E-state index in [1.807, 2.05) is 49.0 Å². The van der Waals surface area contributed by atoms with E-state index < -0.39 is 11.5 Å². The van der Waals surface area contributed by atoms with E-state index in [9.17, 15) is 13.9 Å². The average molecular weight is 560 g/mol. The Labute approximate surface area is 237 Å². The minimum absolute atomic E-state index is 0.0392. The molecule has 214 valence electrons. The summed E-state index contributed by atoms with van der Waals surface area (Å²) in [6.07, 6.45) is 4.11. The number of aromatic nitrogens is 5. The van der Waals surface area contributed by atoms with Crippen LogP contribution < -0.4 is 4.74 Å². The van der Waals surface area contributed by atoms with Crippen molar-refractivity contribution in [2.75, 3.05) is 7.11 Å². The summed E-state index contributed by atoms with van der Waals surface area (Å²) < 4.78 is 38.7. The first-order valence-corrected chi connectivity index (χ1v) is 14.0. The lowest BCUT2D eigenvalue weighted by Crippen LogP contribution is -2.30. The van der Waals surface area contributed by atoms with E-state index >= 15 is 0 Å². The molecule has 1 aromatic carbocycles. The fraction of sp³-hybridized carbons (Fsp3) is 0.406. The first-order chi connectivity index (χ1) is 19.5. The van der Waals surface area contributed by atoms with Gasteiger partial charge < -0.3 is 19.0 Å². The molecule has 9 heteroatoms. The van der Waals surface area contributed by atoms with E-state index in [0.717, 1.165) is 38.9 Å². The molecule has 0 saturated heterocycles. The molecule has 0 radical (unpaired) electrons. The van der Waals surface area contributed by atoms with Gasteiger partial charge in [-0.05, 0) is 57.2 Å². The van der Waals surface area contributed by atoms with Gasteiger partial charge in [0.25, 0.3) is 0 Å². The van der Waals surface area contributed by atoms with Gasteiger partial charge in [-0.1, -0.05) is 30.3 Å². The zero-order valence-corrected chi connectivity index (χ0v) is 24.0. The van der Waals surface area contributed by atoms with Crippen LogP contribution >= 0.6 is 0 Å². The van der Waals surface area contributed by atoms with Crippen molar-refractivity contribution in [1.82, 2.24) is 24.1 Å².